The summed E-state index contributed by atoms with van der Waals surface area (Å²) < 4.78 is 0. The molecule has 0 heterocycles. The van der Waals surface area contributed by atoms with Gasteiger partial charge in [0.2, 0.25) is 0 Å². The van der Waals surface area contributed by atoms with Crippen LogP contribution in [0.25, 0.3) is 0 Å². The first-order valence-corrected chi connectivity index (χ1v) is 2.65. The fourth-order valence-electron chi connectivity index (χ4n) is 0.357. The van der Waals surface area contributed by atoms with Crippen LogP contribution >= 0.6 is 0 Å². The number of rotatable bonds is 2. The van der Waals surface area contributed by atoms with Gasteiger partial charge in [-0.3, -0.25) is 0 Å². The number of aliphatic hydroxyl groups is 1. The Balaban J connectivity index is 3.81. The summed E-state index contributed by atoms with van der Waals surface area (Å²) in [5.41, 5.74) is 0.944. The Hall–Kier alpha value is -0.560. The Labute approximate surface area is 50.3 Å². The van der Waals surface area contributed by atoms with Gasteiger partial charge in [0.25, 0.3) is 0 Å². The zero-order valence-electron chi connectivity index (χ0n) is 5.39. The lowest BCUT2D eigenvalue weighted by molar-refractivity contribution is 0.259. The summed E-state index contributed by atoms with van der Waals surface area (Å²) in [6.45, 7) is 7.20. The normalized spacial score (nSPS) is 15.6. The van der Waals surface area contributed by atoms with Crippen molar-refractivity contribution in [1.82, 2.24) is 0 Å². The predicted octanol–water partition coefficient (Wildman–Crippen LogP) is 1.50. The third-order valence-corrected chi connectivity index (χ3v) is 1.15. The Morgan fingerprint density at radius 2 is 2.25 bits per heavy atom. The maximum Gasteiger partial charge on any atom is 0.0926 e. The molecule has 1 heteroatoms. The molecule has 0 aromatic rings. The van der Waals surface area contributed by atoms with E-state index in [4.69, 9.17) is 5.11 Å². The first kappa shape index (κ1) is 7.44. The van der Waals surface area contributed by atoms with Crippen LogP contribution < -0.4 is 0 Å². The molecule has 0 saturated heterocycles. The molecule has 0 amide bonds. The van der Waals surface area contributed by atoms with Crippen molar-refractivity contribution in [3.05, 3.63) is 24.3 Å². The molecule has 1 N–H and O–H groups in total. The predicted molar refractivity (Wildman–Crippen MR) is 35.6 cm³/mol. The zero-order valence-corrected chi connectivity index (χ0v) is 5.39. The van der Waals surface area contributed by atoms with Gasteiger partial charge in [-0.1, -0.05) is 12.2 Å². The molecule has 0 aromatic heterocycles. The van der Waals surface area contributed by atoms with E-state index >= 15 is 0 Å². The Morgan fingerprint density at radius 1 is 1.75 bits per heavy atom. The van der Waals surface area contributed by atoms with Crippen molar-refractivity contribution < 1.29 is 5.11 Å². The van der Waals surface area contributed by atoms with Crippen LogP contribution in [0.5, 0.6) is 0 Å². The minimum atomic E-state index is -0.458. The second-order valence-electron chi connectivity index (χ2n) is 1.71. The third kappa shape index (κ3) is 1.94. The molecule has 0 aliphatic heterocycles. The first-order chi connectivity index (χ1) is 3.72. The van der Waals surface area contributed by atoms with Crippen molar-refractivity contribution in [2.45, 2.75) is 20.0 Å². The van der Waals surface area contributed by atoms with Gasteiger partial charge >= 0.3 is 0 Å². The fourth-order valence-corrected chi connectivity index (χ4v) is 0.357. The number of hydrogen-bond donors (Lipinski definition) is 1. The zero-order chi connectivity index (χ0) is 6.57. The average Bonchev–Trinajstić information content (AvgIpc) is 1.84. The summed E-state index contributed by atoms with van der Waals surface area (Å²) in [4.78, 5) is 0. The summed E-state index contributed by atoms with van der Waals surface area (Å²) in [6, 6.07) is 0. The van der Waals surface area contributed by atoms with Crippen molar-refractivity contribution in [3.63, 3.8) is 0 Å². The van der Waals surface area contributed by atoms with Gasteiger partial charge in [-0.2, -0.15) is 0 Å². The first-order valence-electron chi connectivity index (χ1n) is 2.65. The van der Waals surface area contributed by atoms with Gasteiger partial charge in [0.05, 0.1) is 6.10 Å². The molecule has 1 unspecified atom stereocenters. The Kier molecular flexibility index (Phi) is 3.20. The molecule has 0 radical (unpaired) electrons. The molecule has 0 bridgehead atoms. The number of allylic oxidation sites excluding steroid dienone is 1. The van der Waals surface area contributed by atoms with Crippen LogP contribution in [0.4, 0.5) is 0 Å². The maximum absolute atomic E-state index is 8.94. The highest BCUT2D eigenvalue weighted by Crippen LogP contribution is 1.99. The van der Waals surface area contributed by atoms with E-state index in [9.17, 15) is 0 Å². The van der Waals surface area contributed by atoms with Gasteiger partial charge in [-0.05, 0) is 19.4 Å². The topological polar surface area (TPSA) is 20.2 Å². The van der Waals surface area contributed by atoms with Crippen LogP contribution in [-0.2, 0) is 0 Å². The summed E-state index contributed by atoms with van der Waals surface area (Å²) in [6.07, 6.45) is 2.92. The van der Waals surface area contributed by atoms with E-state index in [1.807, 2.05) is 19.9 Å². The van der Waals surface area contributed by atoms with E-state index < -0.39 is 6.10 Å². The lowest BCUT2D eigenvalue weighted by Crippen LogP contribution is -2.01. The molecule has 0 fully saturated rings. The minimum absolute atomic E-state index is 0.458. The fraction of sp³-hybridized carbons (Fsp3) is 0.429. The smallest absolute Gasteiger partial charge is 0.0926 e. The van der Waals surface area contributed by atoms with Gasteiger partial charge < -0.3 is 5.11 Å². The van der Waals surface area contributed by atoms with Gasteiger partial charge in [0, 0.05) is 0 Å². The van der Waals surface area contributed by atoms with Crippen molar-refractivity contribution in [3.8, 4) is 0 Å². The molecule has 0 aromatic carbocycles. The van der Waals surface area contributed by atoms with E-state index in [1.165, 1.54) is 6.08 Å². The lowest BCUT2D eigenvalue weighted by atomic mass is 10.2. The van der Waals surface area contributed by atoms with Gasteiger partial charge in [-0.15, -0.1) is 6.58 Å². The summed E-state index contributed by atoms with van der Waals surface area (Å²) in [5, 5.41) is 8.94. The quantitative estimate of drug-likeness (QED) is 0.537. The third-order valence-electron chi connectivity index (χ3n) is 1.15. The van der Waals surface area contributed by atoms with E-state index in [-0.39, 0.29) is 0 Å². The highest BCUT2D eigenvalue weighted by atomic mass is 16.3. The summed E-state index contributed by atoms with van der Waals surface area (Å²) in [7, 11) is 0. The molecule has 0 aliphatic carbocycles. The Morgan fingerprint density at radius 3 is 2.38 bits per heavy atom. The molecular formula is C7H12O. The van der Waals surface area contributed by atoms with Crippen LogP contribution in [0, 0.1) is 0 Å². The molecule has 46 valence electrons. The monoisotopic (exact) mass is 112 g/mol. The van der Waals surface area contributed by atoms with Crippen molar-refractivity contribution in [1.29, 1.82) is 0 Å². The van der Waals surface area contributed by atoms with Crippen LogP contribution in [0.15, 0.2) is 24.3 Å². The minimum Gasteiger partial charge on any atom is -0.385 e. The van der Waals surface area contributed by atoms with Crippen LogP contribution in [0.3, 0.4) is 0 Å². The van der Waals surface area contributed by atoms with Gasteiger partial charge in [0.1, 0.15) is 0 Å². The van der Waals surface area contributed by atoms with E-state index in [0.29, 0.717) is 0 Å². The van der Waals surface area contributed by atoms with Crippen LogP contribution in [0.1, 0.15) is 13.8 Å². The average molecular weight is 112 g/mol. The van der Waals surface area contributed by atoms with Crippen LogP contribution in [-0.4, -0.2) is 11.2 Å². The highest BCUT2D eigenvalue weighted by Gasteiger charge is 1.95. The summed E-state index contributed by atoms with van der Waals surface area (Å²) in [5.74, 6) is 0. The van der Waals surface area contributed by atoms with Crippen molar-refractivity contribution in [2.24, 2.45) is 0 Å². The van der Waals surface area contributed by atoms with Crippen molar-refractivity contribution in [2.75, 3.05) is 0 Å². The second-order valence-corrected chi connectivity index (χ2v) is 1.71. The number of aliphatic hydroxyl groups excluding tert-OH is 1. The highest BCUT2D eigenvalue weighted by molar-refractivity contribution is 5.09. The number of hydrogen-bond acceptors (Lipinski definition) is 1. The SMILES string of the molecule is C=CC(O)/C(C)=C/C. The van der Waals surface area contributed by atoms with E-state index in [0.717, 1.165) is 5.57 Å². The molecule has 1 atom stereocenters. The van der Waals surface area contributed by atoms with E-state index in [2.05, 4.69) is 6.58 Å². The van der Waals surface area contributed by atoms with Gasteiger partial charge in [-0.25, -0.2) is 0 Å². The van der Waals surface area contributed by atoms with Gasteiger partial charge in [0.15, 0.2) is 0 Å². The second kappa shape index (κ2) is 3.44. The van der Waals surface area contributed by atoms with Crippen molar-refractivity contribution >= 4 is 0 Å². The molecular weight excluding hydrogens is 100 g/mol. The lowest BCUT2D eigenvalue weighted by Gasteiger charge is -2.01. The maximum atomic E-state index is 8.94. The molecule has 0 saturated carbocycles. The Bertz CT molecular complexity index is 103. The molecule has 0 rings (SSSR count). The standard InChI is InChI=1S/C7H12O/c1-4-6(3)7(8)5-2/h4-5,7-8H,2H2,1,3H3/b6-4+. The largest absolute Gasteiger partial charge is 0.385 e. The molecule has 0 aliphatic rings. The van der Waals surface area contributed by atoms with E-state index in [1.54, 1.807) is 0 Å². The molecule has 0 spiro atoms. The van der Waals surface area contributed by atoms with Crippen LogP contribution in [0.2, 0.25) is 0 Å². The molecule has 1 nitrogen and oxygen atoms in total. The molecule has 8 heavy (non-hydrogen) atoms. The summed E-state index contributed by atoms with van der Waals surface area (Å²) >= 11 is 0.